The van der Waals surface area contributed by atoms with Gasteiger partial charge in [0.15, 0.2) is 0 Å². The minimum absolute atomic E-state index is 0.0297. The molecule has 176 valence electrons. The molecule has 0 saturated carbocycles. The molecule has 1 aliphatic heterocycles. The number of carbonyl (C=O) groups is 1. The van der Waals surface area contributed by atoms with E-state index in [2.05, 4.69) is 4.90 Å². The van der Waals surface area contributed by atoms with Crippen LogP contribution >= 0.6 is 0 Å². The number of carboxylic acid groups (broad SMARTS) is 1. The lowest BCUT2D eigenvalue weighted by molar-refractivity contribution is -0.122. The number of hydrogen-bond donors (Lipinski definition) is 2. The Labute approximate surface area is 191 Å². The van der Waals surface area contributed by atoms with Gasteiger partial charge in [-0.1, -0.05) is 30.7 Å². The number of rotatable bonds is 5. The Morgan fingerprint density at radius 3 is 2.25 bits per heavy atom. The average molecular weight is 463 g/mol. The van der Waals surface area contributed by atoms with Crippen LogP contribution in [0.15, 0.2) is 41.3 Å². The molecular weight excluding hydrogens is 428 g/mol. The van der Waals surface area contributed by atoms with Crippen LogP contribution in [0.3, 0.4) is 0 Å². The molecule has 0 spiro atoms. The standard InChI is InChI=1S/C23H32N2O3S.CH2O2/c1-17-13-22(20-10-8-19(16-26)9-11-20)23(14-18(17)2)29(27,28)25-12-6-5-7-21(15-25)24(3)4;2-1-3/h8-11,13-14,21,26H,5-7,12,15-16H2,1-4H3;1H,(H,2,3). The van der Waals surface area contributed by atoms with Crippen LogP contribution in [0.25, 0.3) is 11.1 Å². The van der Waals surface area contributed by atoms with Crippen molar-refractivity contribution < 1.29 is 23.4 Å². The van der Waals surface area contributed by atoms with Crippen LogP contribution in [0.4, 0.5) is 0 Å². The van der Waals surface area contributed by atoms with Gasteiger partial charge in [0.1, 0.15) is 0 Å². The molecule has 32 heavy (non-hydrogen) atoms. The number of hydrogen-bond acceptors (Lipinski definition) is 5. The van der Waals surface area contributed by atoms with E-state index >= 15 is 0 Å². The molecule has 0 amide bonds. The predicted octanol–water partition coefficient (Wildman–Crippen LogP) is 3.27. The third-order valence-corrected chi connectivity index (χ3v) is 7.91. The number of aliphatic hydroxyl groups is 1. The zero-order valence-electron chi connectivity index (χ0n) is 19.3. The molecule has 1 saturated heterocycles. The second-order valence-electron chi connectivity index (χ2n) is 8.37. The highest BCUT2D eigenvalue weighted by Gasteiger charge is 2.32. The highest BCUT2D eigenvalue weighted by molar-refractivity contribution is 7.89. The number of aryl methyl sites for hydroxylation is 2. The Bertz CT molecular complexity index is 1000. The molecule has 1 heterocycles. The van der Waals surface area contributed by atoms with Crippen molar-refractivity contribution in [1.82, 2.24) is 9.21 Å². The van der Waals surface area contributed by atoms with Gasteiger partial charge < -0.3 is 15.1 Å². The summed E-state index contributed by atoms with van der Waals surface area (Å²) in [6.45, 7) is 4.76. The molecule has 0 aliphatic carbocycles. The first-order valence-electron chi connectivity index (χ1n) is 10.7. The molecule has 1 fully saturated rings. The Balaban J connectivity index is 0.00000114. The summed E-state index contributed by atoms with van der Waals surface area (Å²) in [6.07, 6.45) is 2.94. The van der Waals surface area contributed by atoms with Crippen LogP contribution in [0.5, 0.6) is 0 Å². The fourth-order valence-corrected chi connectivity index (χ4v) is 5.68. The summed E-state index contributed by atoms with van der Waals surface area (Å²) in [5.41, 5.74) is 4.42. The lowest BCUT2D eigenvalue weighted by Gasteiger charge is -2.29. The molecule has 0 bridgehead atoms. The van der Waals surface area contributed by atoms with Crippen molar-refractivity contribution >= 4 is 16.5 Å². The molecule has 2 N–H and O–H groups in total. The summed E-state index contributed by atoms with van der Waals surface area (Å²) >= 11 is 0. The summed E-state index contributed by atoms with van der Waals surface area (Å²) in [5.74, 6) is 0. The predicted molar refractivity (Wildman–Crippen MR) is 126 cm³/mol. The largest absolute Gasteiger partial charge is 0.483 e. The van der Waals surface area contributed by atoms with E-state index in [4.69, 9.17) is 9.90 Å². The lowest BCUT2D eigenvalue weighted by Crippen LogP contribution is -2.42. The smallest absolute Gasteiger partial charge is 0.290 e. The first-order valence-corrected chi connectivity index (χ1v) is 12.2. The van der Waals surface area contributed by atoms with E-state index in [1.54, 1.807) is 4.31 Å². The topological polar surface area (TPSA) is 98.2 Å². The van der Waals surface area contributed by atoms with Crippen LogP contribution in [0.1, 0.15) is 36.0 Å². The Morgan fingerprint density at radius 1 is 1.09 bits per heavy atom. The molecule has 0 aromatic heterocycles. The highest BCUT2D eigenvalue weighted by atomic mass is 32.2. The first-order chi connectivity index (χ1) is 15.1. The number of nitrogens with zero attached hydrogens (tertiary/aromatic N) is 2. The summed E-state index contributed by atoms with van der Waals surface area (Å²) in [6, 6.07) is 11.5. The van der Waals surface area contributed by atoms with Gasteiger partial charge in [-0.25, -0.2) is 8.42 Å². The van der Waals surface area contributed by atoms with Gasteiger partial charge in [-0.3, -0.25) is 4.79 Å². The van der Waals surface area contributed by atoms with E-state index in [9.17, 15) is 13.5 Å². The molecular formula is C24H34N2O5S. The monoisotopic (exact) mass is 462 g/mol. The van der Waals surface area contributed by atoms with Gasteiger partial charge in [0.05, 0.1) is 11.5 Å². The minimum atomic E-state index is -3.63. The van der Waals surface area contributed by atoms with Crippen molar-refractivity contribution in [3.05, 3.63) is 53.1 Å². The van der Waals surface area contributed by atoms with Crippen LogP contribution < -0.4 is 0 Å². The Kier molecular flexibility index (Phi) is 9.39. The second-order valence-corrected chi connectivity index (χ2v) is 10.3. The molecule has 3 rings (SSSR count). The van der Waals surface area contributed by atoms with Crippen molar-refractivity contribution in [3.63, 3.8) is 0 Å². The fraction of sp³-hybridized carbons (Fsp3) is 0.458. The first kappa shape index (κ1) is 26.0. The van der Waals surface area contributed by atoms with Gasteiger partial charge in [0, 0.05) is 24.7 Å². The average Bonchev–Trinajstić information content (AvgIpc) is 3.03. The molecule has 7 nitrogen and oxygen atoms in total. The van der Waals surface area contributed by atoms with E-state index in [0.29, 0.717) is 18.0 Å². The van der Waals surface area contributed by atoms with E-state index < -0.39 is 10.0 Å². The van der Waals surface area contributed by atoms with Gasteiger partial charge in [-0.05, 0) is 75.2 Å². The minimum Gasteiger partial charge on any atom is -0.483 e. The van der Waals surface area contributed by atoms with Crippen molar-refractivity contribution in [2.24, 2.45) is 0 Å². The molecule has 8 heteroatoms. The Morgan fingerprint density at radius 2 is 1.69 bits per heavy atom. The third-order valence-electron chi connectivity index (χ3n) is 6.00. The fourth-order valence-electron chi connectivity index (χ4n) is 3.88. The van der Waals surface area contributed by atoms with Crippen LogP contribution in [-0.2, 0) is 21.4 Å². The summed E-state index contributed by atoms with van der Waals surface area (Å²) in [5, 5.41) is 16.2. The number of sulfonamides is 1. The van der Waals surface area contributed by atoms with Gasteiger partial charge >= 0.3 is 0 Å². The van der Waals surface area contributed by atoms with Crippen molar-refractivity contribution in [2.45, 2.75) is 50.7 Å². The van der Waals surface area contributed by atoms with Gasteiger partial charge in [0.25, 0.3) is 6.47 Å². The summed E-state index contributed by atoms with van der Waals surface area (Å²) < 4.78 is 29.2. The quantitative estimate of drug-likeness (QED) is 0.662. The Hall–Kier alpha value is -2.26. The molecule has 2 aromatic rings. The lowest BCUT2D eigenvalue weighted by atomic mass is 9.99. The van der Waals surface area contributed by atoms with Crippen LogP contribution in [-0.4, -0.2) is 67.5 Å². The van der Waals surface area contributed by atoms with Crippen LogP contribution in [0, 0.1) is 13.8 Å². The highest BCUT2D eigenvalue weighted by Crippen LogP contribution is 2.33. The number of aliphatic hydroxyl groups excluding tert-OH is 1. The molecule has 1 unspecified atom stereocenters. The van der Waals surface area contributed by atoms with Gasteiger partial charge in [-0.2, -0.15) is 4.31 Å². The maximum Gasteiger partial charge on any atom is 0.290 e. The molecule has 0 radical (unpaired) electrons. The summed E-state index contributed by atoms with van der Waals surface area (Å²) in [7, 11) is 0.409. The maximum atomic E-state index is 13.8. The van der Waals surface area contributed by atoms with E-state index in [0.717, 1.165) is 47.1 Å². The van der Waals surface area contributed by atoms with Gasteiger partial charge in [-0.15, -0.1) is 0 Å². The molecule has 1 aliphatic rings. The van der Waals surface area contributed by atoms with Crippen molar-refractivity contribution in [3.8, 4) is 11.1 Å². The number of likely N-dealkylation sites (N-methyl/N-ethyl adjacent to an activating group) is 1. The molecule has 2 aromatic carbocycles. The van der Waals surface area contributed by atoms with E-state index in [-0.39, 0.29) is 19.1 Å². The van der Waals surface area contributed by atoms with E-state index in [1.807, 2.05) is 64.3 Å². The zero-order valence-corrected chi connectivity index (χ0v) is 20.1. The second kappa shape index (κ2) is 11.6. The number of benzene rings is 2. The normalized spacial score (nSPS) is 17.4. The maximum absolute atomic E-state index is 13.8. The SMILES string of the molecule is Cc1cc(-c2ccc(CO)cc2)c(S(=O)(=O)N2CCCCC(N(C)C)C2)cc1C.O=CO. The van der Waals surface area contributed by atoms with Crippen molar-refractivity contribution in [1.29, 1.82) is 0 Å². The van der Waals surface area contributed by atoms with Crippen molar-refractivity contribution in [2.75, 3.05) is 27.2 Å². The van der Waals surface area contributed by atoms with Crippen LogP contribution in [0.2, 0.25) is 0 Å². The third kappa shape index (κ3) is 6.16. The summed E-state index contributed by atoms with van der Waals surface area (Å²) in [4.78, 5) is 10.9. The zero-order chi connectivity index (χ0) is 23.9. The molecule has 1 atom stereocenters. The van der Waals surface area contributed by atoms with E-state index in [1.165, 1.54) is 0 Å². The van der Waals surface area contributed by atoms with Gasteiger partial charge in [0.2, 0.25) is 10.0 Å².